The fourth-order valence-electron chi connectivity index (χ4n) is 3.62. The van der Waals surface area contributed by atoms with Gasteiger partial charge in [0.1, 0.15) is 5.82 Å². The molecule has 1 N–H and O–H groups in total. The van der Waals surface area contributed by atoms with Crippen molar-refractivity contribution < 1.29 is 9.47 Å². The van der Waals surface area contributed by atoms with Gasteiger partial charge in [0.05, 0.1) is 18.4 Å². The molecule has 2 aliphatic rings. The summed E-state index contributed by atoms with van der Waals surface area (Å²) in [5.41, 5.74) is 2.76. The van der Waals surface area contributed by atoms with Crippen LogP contribution in [0.1, 0.15) is 36.6 Å². The van der Waals surface area contributed by atoms with Gasteiger partial charge < -0.3 is 14.5 Å². The summed E-state index contributed by atoms with van der Waals surface area (Å²) in [5.74, 6) is 0.615. The molecular formula is C20H25N3O3. The first-order chi connectivity index (χ1) is 12.8. The van der Waals surface area contributed by atoms with Crippen LogP contribution in [-0.2, 0) is 16.0 Å². The van der Waals surface area contributed by atoms with Crippen LogP contribution in [-0.4, -0.2) is 47.8 Å². The lowest BCUT2D eigenvalue weighted by Crippen LogP contribution is -2.25. The SMILES string of the molecule is O=c1cc(C2CCCO2)nc(-c2cccc(CN3CCCOCC3)c2)[nH]1. The topological polar surface area (TPSA) is 67.4 Å². The third-order valence-electron chi connectivity index (χ3n) is 4.94. The van der Waals surface area contributed by atoms with Gasteiger partial charge in [-0.15, -0.1) is 0 Å². The number of aromatic amines is 1. The number of benzene rings is 1. The van der Waals surface area contributed by atoms with E-state index in [0.29, 0.717) is 5.82 Å². The molecule has 138 valence electrons. The van der Waals surface area contributed by atoms with Crippen molar-refractivity contribution in [2.45, 2.75) is 31.9 Å². The number of hydrogen-bond acceptors (Lipinski definition) is 5. The Kier molecular flexibility index (Phi) is 5.43. The molecular weight excluding hydrogens is 330 g/mol. The molecule has 1 aromatic heterocycles. The highest BCUT2D eigenvalue weighted by Gasteiger charge is 2.20. The summed E-state index contributed by atoms with van der Waals surface area (Å²) in [6.45, 7) is 5.26. The first-order valence-corrected chi connectivity index (χ1v) is 9.40. The first kappa shape index (κ1) is 17.4. The standard InChI is InChI=1S/C20H25N3O3/c24-19-13-17(18-6-2-10-26-18)21-20(22-19)16-5-1-4-15(12-16)14-23-7-3-9-25-11-8-23/h1,4-5,12-13,18H,2-3,6-11,14H2,(H,21,22,24). The van der Waals surface area contributed by atoms with E-state index in [1.54, 1.807) is 6.07 Å². The van der Waals surface area contributed by atoms with Crippen molar-refractivity contribution >= 4 is 0 Å². The molecule has 0 bridgehead atoms. The van der Waals surface area contributed by atoms with Crippen molar-refractivity contribution in [2.75, 3.05) is 32.9 Å². The second kappa shape index (κ2) is 8.12. The van der Waals surface area contributed by atoms with E-state index in [1.807, 2.05) is 12.1 Å². The number of hydrogen-bond donors (Lipinski definition) is 1. The Hall–Kier alpha value is -2.02. The smallest absolute Gasteiger partial charge is 0.251 e. The number of nitrogens with one attached hydrogen (secondary N) is 1. The van der Waals surface area contributed by atoms with E-state index < -0.39 is 0 Å². The maximum atomic E-state index is 12.1. The maximum Gasteiger partial charge on any atom is 0.251 e. The van der Waals surface area contributed by atoms with Crippen molar-refractivity contribution in [3.05, 3.63) is 51.9 Å². The van der Waals surface area contributed by atoms with Gasteiger partial charge in [0.25, 0.3) is 5.56 Å². The fraction of sp³-hybridized carbons (Fsp3) is 0.500. The van der Waals surface area contributed by atoms with Crippen LogP contribution in [0.25, 0.3) is 11.4 Å². The normalized spacial score (nSPS) is 21.6. The second-order valence-corrected chi connectivity index (χ2v) is 6.96. The third kappa shape index (κ3) is 4.20. The van der Waals surface area contributed by atoms with E-state index in [4.69, 9.17) is 9.47 Å². The van der Waals surface area contributed by atoms with Crippen molar-refractivity contribution in [3.8, 4) is 11.4 Å². The van der Waals surface area contributed by atoms with Crippen LogP contribution in [0.15, 0.2) is 35.1 Å². The van der Waals surface area contributed by atoms with Crippen molar-refractivity contribution in [1.82, 2.24) is 14.9 Å². The Morgan fingerprint density at radius 3 is 3.00 bits per heavy atom. The summed E-state index contributed by atoms with van der Waals surface area (Å²) < 4.78 is 11.2. The Morgan fingerprint density at radius 2 is 2.12 bits per heavy atom. The molecule has 2 aliphatic heterocycles. The quantitative estimate of drug-likeness (QED) is 0.913. The molecule has 2 fully saturated rings. The van der Waals surface area contributed by atoms with Crippen LogP contribution >= 0.6 is 0 Å². The summed E-state index contributed by atoms with van der Waals surface area (Å²) in [7, 11) is 0. The van der Waals surface area contributed by atoms with E-state index in [2.05, 4.69) is 27.0 Å². The summed E-state index contributed by atoms with van der Waals surface area (Å²) in [6.07, 6.45) is 2.95. The van der Waals surface area contributed by atoms with Crippen LogP contribution in [0.5, 0.6) is 0 Å². The van der Waals surface area contributed by atoms with Crippen LogP contribution in [0.4, 0.5) is 0 Å². The van der Waals surface area contributed by atoms with Crippen molar-refractivity contribution in [3.63, 3.8) is 0 Å². The van der Waals surface area contributed by atoms with Crippen molar-refractivity contribution in [1.29, 1.82) is 0 Å². The van der Waals surface area contributed by atoms with Gasteiger partial charge in [0.2, 0.25) is 0 Å². The van der Waals surface area contributed by atoms with Crippen LogP contribution < -0.4 is 5.56 Å². The van der Waals surface area contributed by atoms with E-state index >= 15 is 0 Å². The average Bonchev–Trinajstić information content (AvgIpc) is 3.07. The van der Waals surface area contributed by atoms with E-state index in [0.717, 1.165) is 70.0 Å². The molecule has 0 amide bonds. The van der Waals surface area contributed by atoms with E-state index in [1.165, 1.54) is 5.56 Å². The predicted molar refractivity (Wildman–Crippen MR) is 98.9 cm³/mol. The molecule has 1 atom stereocenters. The molecule has 0 radical (unpaired) electrons. The van der Waals surface area contributed by atoms with E-state index in [-0.39, 0.29) is 11.7 Å². The Bertz CT molecular complexity index is 791. The lowest BCUT2D eigenvalue weighted by molar-refractivity contribution is 0.108. The molecule has 1 unspecified atom stereocenters. The van der Waals surface area contributed by atoms with Gasteiger partial charge in [0, 0.05) is 44.5 Å². The number of ether oxygens (including phenoxy) is 2. The molecule has 1 aromatic carbocycles. The second-order valence-electron chi connectivity index (χ2n) is 6.96. The molecule has 2 saturated heterocycles. The van der Waals surface area contributed by atoms with E-state index in [9.17, 15) is 4.79 Å². The number of rotatable bonds is 4. The molecule has 0 saturated carbocycles. The van der Waals surface area contributed by atoms with Gasteiger partial charge in [-0.25, -0.2) is 4.98 Å². The van der Waals surface area contributed by atoms with Crippen LogP contribution in [0, 0.1) is 0 Å². The van der Waals surface area contributed by atoms with Gasteiger partial charge in [0.15, 0.2) is 0 Å². The Morgan fingerprint density at radius 1 is 1.15 bits per heavy atom. The lowest BCUT2D eigenvalue weighted by Gasteiger charge is -2.19. The minimum Gasteiger partial charge on any atom is -0.380 e. The Labute approximate surface area is 153 Å². The third-order valence-corrected chi connectivity index (χ3v) is 4.94. The maximum absolute atomic E-state index is 12.1. The number of aromatic nitrogens is 2. The zero-order valence-corrected chi connectivity index (χ0v) is 14.9. The average molecular weight is 355 g/mol. The highest BCUT2D eigenvalue weighted by Crippen LogP contribution is 2.27. The van der Waals surface area contributed by atoms with Gasteiger partial charge >= 0.3 is 0 Å². The van der Waals surface area contributed by atoms with Crippen LogP contribution in [0.3, 0.4) is 0 Å². The molecule has 0 aliphatic carbocycles. The largest absolute Gasteiger partial charge is 0.380 e. The first-order valence-electron chi connectivity index (χ1n) is 9.40. The minimum absolute atomic E-state index is 0.0590. The van der Waals surface area contributed by atoms with Gasteiger partial charge in [-0.2, -0.15) is 0 Å². The molecule has 26 heavy (non-hydrogen) atoms. The fourth-order valence-corrected chi connectivity index (χ4v) is 3.62. The molecule has 6 nitrogen and oxygen atoms in total. The highest BCUT2D eigenvalue weighted by atomic mass is 16.5. The van der Waals surface area contributed by atoms with Crippen molar-refractivity contribution in [2.24, 2.45) is 0 Å². The molecule has 4 rings (SSSR count). The molecule has 3 heterocycles. The minimum atomic E-state index is -0.129. The molecule has 6 heteroatoms. The predicted octanol–water partition coefficient (Wildman–Crippen LogP) is 2.51. The summed E-state index contributed by atoms with van der Waals surface area (Å²) in [4.78, 5) is 22.1. The number of H-pyrrole nitrogens is 1. The molecule has 0 spiro atoms. The zero-order valence-electron chi connectivity index (χ0n) is 14.9. The summed E-state index contributed by atoms with van der Waals surface area (Å²) >= 11 is 0. The Balaban J connectivity index is 1.56. The molecule has 2 aromatic rings. The van der Waals surface area contributed by atoms with Gasteiger partial charge in [-0.3, -0.25) is 9.69 Å². The van der Waals surface area contributed by atoms with Crippen LogP contribution in [0.2, 0.25) is 0 Å². The summed E-state index contributed by atoms with van der Waals surface area (Å²) in [6, 6.07) is 9.81. The zero-order chi connectivity index (χ0) is 17.8. The number of nitrogens with zero attached hydrogens (tertiary/aromatic N) is 2. The van der Waals surface area contributed by atoms with Gasteiger partial charge in [-0.1, -0.05) is 18.2 Å². The summed E-state index contributed by atoms with van der Waals surface area (Å²) in [5, 5.41) is 0. The van der Waals surface area contributed by atoms with Gasteiger partial charge in [-0.05, 0) is 30.9 Å². The monoisotopic (exact) mass is 355 g/mol. The highest BCUT2D eigenvalue weighted by molar-refractivity contribution is 5.56. The lowest BCUT2D eigenvalue weighted by atomic mass is 10.1.